The number of rotatable bonds is 1. The zero-order chi connectivity index (χ0) is 10.8. The van der Waals surface area contributed by atoms with Gasteiger partial charge in [0.05, 0.1) is 5.69 Å². The van der Waals surface area contributed by atoms with Crippen molar-refractivity contribution in [3.63, 3.8) is 0 Å². The van der Waals surface area contributed by atoms with Gasteiger partial charge in [0.2, 0.25) is 0 Å². The van der Waals surface area contributed by atoms with Crippen LogP contribution in [0.25, 0.3) is 11.3 Å². The van der Waals surface area contributed by atoms with Crippen molar-refractivity contribution in [2.24, 2.45) is 0 Å². The summed E-state index contributed by atoms with van der Waals surface area (Å²) in [5.74, 6) is 0.492. The van der Waals surface area contributed by atoms with Crippen LogP contribution < -0.4 is 5.73 Å². The number of aryl methyl sites for hydroxylation is 2. The molecule has 0 fully saturated rings. The van der Waals surface area contributed by atoms with Gasteiger partial charge >= 0.3 is 0 Å². The Balaban J connectivity index is 2.50. The van der Waals surface area contributed by atoms with Gasteiger partial charge in [0, 0.05) is 5.56 Å². The molecule has 3 heteroatoms. The fraction of sp³-hybridized carbons (Fsp3) is 0.167. The first-order valence-electron chi connectivity index (χ1n) is 4.83. The molecule has 0 saturated carbocycles. The number of nitrogens with zero attached hydrogens (tertiary/aromatic N) is 2. The molecule has 1 aromatic carbocycles. The molecule has 2 N–H and O–H groups in total. The van der Waals surface area contributed by atoms with Gasteiger partial charge in [-0.2, -0.15) is 0 Å². The molecular weight excluding hydrogens is 186 g/mol. The van der Waals surface area contributed by atoms with E-state index in [9.17, 15) is 0 Å². The largest absolute Gasteiger partial charge is 0.382 e. The number of hydrogen-bond donors (Lipinski definition) is 1. The lowest BCUT2D eigenvalue weighted by Gasteiger charge is -2.03. The van der Waals surface area contributed by atoms with E-state index < -0.39 is 0 Å². The number of aromatic nitrogens is 2. The average molecular weight is 199 g/mol. The average Bonchev–Trinajstić information content (AvgIpc) is 2.22. The smallest absolute Gasteiger partial charge is 0.149 e. The van der Waals surface area contributed by atoms with Crippen LogP contribution in [0.5, 0.6) is 0 Å². The highest BCUT2D eigenvalue weighted by atomic mass is 15.1. The van der Waals surface area contributed by atoms with Crippen LogP contribution in [0.4, 0.5) is 5.82 Å². The first-order valence-corrected chi connectivity index (χ1v) is 4.83. The lowest BCUT2D eigenvalue weighted by Crippen LogP contribution is -1.97. The van der Waals surface area contributed by atoms with Gasteiger partial charge in [-0.3, -0.25) is 0 Å². The second-order valence-corrected chi connectivity index (χ2v) is 3.67. The second-order valence-electron chi connectivity index (χ2n) is 3.67. The maximum atomic E-state index is 5.62. The molecule has 1 heterocycles. The molecule has 0 unspecified atom stereocenters. The summed E-state index contributed by atoms with van der Waals surface area (Å²) in [4.78, 5) is 0. The van der Waals surface area contributed by atoms with Crippen LogP contribution in [0, 0.1) is 13.8 Å². The molecule has 2 aromatic rings. The van der Waals surface area contributed by atoms with E-state index in [1.807, 2.05) is 25.1 Å². The first-order chi connectivity index (χ1) is 7.16. The summed E-state index contributed by atoms with van der Waals surface area (Å²) in [7, 11) is 0. The summed E-state index contributed by atoms with van der Waals surface area (Å²) < 4.78 is 0. The van der Waals surface area contributed by atoms with Crippen LogP contribution in [0.3, 0.4) is 0 Å². The Labute approximate surface area is 89.0 Å². The van der Waals surface area contributed by atoms with Gasteiger partial charge in [0.15, 0.2) is 0 Å². The minimum absolute atomic E-state index is 0.492. The van der Waals surface area contributed by atoms with Gasteiger partial charge in [-0.15, -0.1) is 10.2 Å². The molecule has 0 saturated heterocycles. The van der Waals surface area contributed by atoms with Gasteiger partial charge in [0.1, 0.15) is 5.82 Å². The van der Waals surface area contributed by atoms with Crippen molar-refractivity contribution in [1.29, 1.82) is 0 Å². The monoisotopic (exact) mass is 199 g/mol. The number of benzene rings is 1. The zero-order valence-corrected chi connectivity index (χ0v) is 8.86. The van der Waals surface area contributed by atoms with E-state index in [-0.39, 0.29) is 0 Å². The molecule has 76 valence electrons. The Kier molecular flexibility index (Phi) is 2.37. The Bertz CT molecular complexity index is 492. The molecule has 1 aromatic heterocycles. The van der Waals surface area contributed by atoms with Crippen molar-refractivity contribution in [1.82, 2.24) is 10.2 Å². The van der Waals surface area contributed by atoms with E-state index in [1.165, 1.54) is 5.56 Å². The topological polar surface area (TPSA) is 51.8 Å². The maximum absolute atomic E-state index is 5.62. The van der Waals surface area contributed by atoms with Crippen molar-refractivity contribution in [3.05, 3.63) is 41.5 Å². The van der Waals surface area contributed by atoms with E-state index in [0.717, 1.165) is 16.8 Å². The number of hydrogen-bond acceptors (Lipinski definition) is 3. The number of anilines is 1. The first kappa shape index (κ1) is 9.65. The van der Waals surface area contributed by atoms with Crippen molar-refractivity contribution in [3.8, 4) is 11.3 Å². The molecular formula is C12H13N3. The zero-order valence-electron chi connectivity index (χ0n) is 8.86. The highest BCUT2D eigenvalue weighted by Crippen LogP contribution is 2.19. The van der Waals surface area contributed by atoms with Crippen LogP contribution in [0.1, 0.15) is 11.1 Å². The van der Waals surface area contributed by atoms with Crippen LogP contribution in [-0.2, 0) is 0 Å². The summed E-state index contributed by atoms with van der Waals surface area (Å²) in [6.45, 7) is 3.99. The third-order valence-corrected chi connectivity index (χ3v) is 2.34. The third kappa shape index (κ3) is 1.96. The van der Waals surface area contributed by atoms with E-state index in [4.69, 9.17) is 5.73 Å². The lowest BCUT2D eigenvalue weighted by atomic mass is 10.1. The predicted molar refractivity (Wildman–Crippen MR) is 61.4 cm³/mol. The fourth-order valence-electron chi connectivity index (χ4n) is 1.44. The lowest BCUT2D eigenvalue weighted by molar-refractivity contribution is 1.03. The Morgan fingerprint density at radius 1 is 1.07 bits per heavy atom. The number of nitrogen functional groups attached to an aromatic ring is 1. The Morgan fingerprint density at radius 3 is 2.53 bits per heavy atom. The van der Waals surface area contributed by atoms with E-state index in [1.54, 1.807) is 0 Å². The standard InChI is InChI=1S/C12H13N3/c1-8-4-3-5-10(6-8)11-7-9(2)12(13)15-14-11/h3-7H,1-2H3,(H2,13,15). The highest BCUT2D eigenvalue weighted by Gasteiger charge is 2.02. The molecule has 2 rings (SSSR count). The Morgan fingerprint density at radius 2 is 1.87 bits per heavy atom. The van der Waals surface area contributed by atoms with E-state index in [0.29, 0.717) is 5.82 Å². The quantitative estimate of drug-likeness (QED) is 0.767. The van der Waals surface area contributed by atoms with Crippen molar-refractivity contribution < 1.29 is 0 Å². The highest BCUT2D eigenvalue weighted by molar-refractivity contribution is 5.61. The van der Waals surface area contributed by atoms with Gasteiger partial charge in [-0.1, -0.05) is 23.8 Å². The number of nitrogens with two attached hydrogens (primary N) is 1. The molecule has 0 atom stereocenters. The van der Waals surface area contributed by atoms with Crippen LogP contribution in [-0.4, -0.2) is 10.2 Å². The third-order valence-electron chi connectivity index (χ3n) is 2.34. The van der Waals surface area contributed by atoms with Crippen LogP contribution in [0.15, 0.2) is 30.3 Å². The van der Waals surface area contributed by atoms with Gasteiger partial charge in [-0.25, -0.2) is 0 Å². The molecule has 3 nitrogen and oxygen atoms in total. The van der Waals surface area contributed by atoms with Crippen LogP contribution in [0.2, 0.25) is 0 Å². The summed E-state index contributed by atoms with van der Waals surface area (Å²) in [6.07, 6.45) is 0. The predicted octanol–water partition coefficient (Wildman–Crippen LogP) is 2.34. The fourth-order valence-corrected chi connectivity index (χ4v) is 1.44. The molecule has 0 spiro atoms. The molecule has 0 aliphatic carbocycles. The summed E-state index contributed by atoms with van der Waals surface area (Å²) in [5.41, 5.74) is 9.74. The van der Waals surface area contributed by atoms with E-state index >= 15 is 0 Å². The van der Waals surface area contributed by atoms with Crippen molar-refractivity contribution >= 4 is 5.82 Å². The molecule has 0 bridgehead atoms. The van der Waals surface area contributed by atoms with Gasteiger partial charge < -0.3 is 5.73 Å². The molecule has 0 amide bonds. The Hall–Kier alpha value is -1.90. The van der Waals surface area contributed by atoms with Gasteiger partial charge in [0.25, 0.3) is 0 Å². The normalized spacial score (nSPS) is 10.3. The summed E-state index contributed by atoms with van der Waals surface area (Å²) >= 11 is 0. The second kappa shape index (κ2) is 3.69. The molecule has 0 aliphatic rings. The van der Waals surface area contributed by atoms with Gasteiger partial charge in [-0.05, 0) is 31.5 Å². The molecule has 0 aliphatic heterocycles. The minimum atomic E-state index is 0.492. The maximum Gasteiger partial charge on any atom is 0.149 e. The molecule has 15 heavy (non-hydrogen) atoms. The summed E-state index contributed by atoms with van der Waals surface area (Å²) in [6, 6.07) is 10.1. The SMILES string of the molecule is Cc1cccc(-c2cc(C)c(N)nn2)c1. The van der Waals surface area contributed by atoms with E-state index in [2.05, 4.69) is 29.3 Å². The van der Waals surface area contributed by atoms with Crippen molar-refractivity contribution in [2.75, 3.05) is 5.73 Å². The summed E-state index contributed by atoms with van der Waals surface area (Å²) in [5, 5.41) is 7.99. The molecule has 0 radical (unpaired) electrons. The van der Waals surface area contributed by atoms with Crippen molar-refractivity contribution in [2.45, 2.75) is 13.8 Å². The van der Waals surface area contributed by atoms with Crippen LogP contribution >= 0.6 is 0 Å². The minimum Gasteiger partial charge on any atom is -0.382 e.